The molecule has 3 atom stereocenters. The summed E-state index contributed by atoms with van der Waals surface area (Å²) in [4.78, 5) is 12.7. The van der Waals surface area contributed by atoms with E-state index in [2.05, 4.69) is 0 Å². The highest BCUT2D eigenvalue weighted by atomic mass is 16.6. The van der Waals surface area contributed by atoms with Crippen molar-refractivity contribution in [2.45, 2.75) is 26.1 Å². The fourth-order valence-electron chi connectivity index (χ4n) is 1.61. The van der Waals surface area contributed by atoms with Crippen LogP contribution in [0.1, 0.15) is 13.8 Å². The highest BCUT2D eigenvalue weighted by Gasteiger charge is 2.34. The first-order valence-corrected chi connectivity index (χ1v) is 4.84. The Morgan fingerprint density at radius 1 is 1.50 bits per heavy atom. The Kier molecular flexibility index (Phi) is 3.71. The van der Waals surface area contributed by atoms with Crippen molar-refractivity contribution in [3.63, 3.8) is 0 Å². The van der Waals surface area contributed by atoms with Gasteiger partial charge in [-0.3, -0.25) is 0 Å². The van der Waals surface area contributed by atoms with Gasteiger partial charge >= 0.3 is 6.09 Å². The molecule has 5 heteroatoms. The number of carbonyl (C=O) groups is 1. The lowest BCUT2D eigenvalue weighted by Gasteiger charge is -2.36. The average Bonchev–Trinajstić information content (AvgIpc) is 2.13. The number of aliphatic hydroxyl groups excluding tert-OH is 2. The molecule has 0 spiro atoms. The van der Waals surface area contributed by atoms with Gasteiger partial charge in [-0.2, -0.15) is 0 Å². The minimum absolute atomic E-state index is 0.122. The van der Waals surface area contributed by atoms with E-state index in [0.717, 1.165) is 0 Å². The average molecular weight is 203 g/mol. The highest BCUT2D eigenvalue weighted by molar-refractivity contribution is 5.67. The maximum atomic E-state index is 11.3. The lowest BCUT2D eigenvalue weighted by atomic mass is 9.95. The normalized spacial score (nSPS) is 32.9. The summed E-state index contributed by atoms with van der Waals surface area (Å²) in [5, 5.41) is 18.9. The van der Waals surface area contributed by atoms with Gasteiger partial charge in [-0.25, -0.2) is 4.79 Å². The first kappa shape index (κ1) is 11.3. The summed E-state index contributed by atoms with van der Waals surface area (Å²) in [5.41, 5.74) is 0. The molecule has 5 nitrogen and oxygen atoms in total. The molecule has 1 heterocycles. The number of piperidine rings is 1. The Morgan fingerprint density at radius 3 is 2.64 bits per heavy atom. The van der Waals surface area contributed by atoms with Crippen molar-refractivity contribution in [1.29, 1.82) is 0 Å². The summed E-state index contributed by atoms with van der Waals surface area (Å²) in [5.74, 6) is -0.122. The topological polar surface area (TPSA) is 70.0 Å². The van der Waals surface area contributed by atoms with Gasteiger partial charge in [-0.15, -0.1) is 0 Å². The van der Waals surface area contributed by atoms with Crippen molar-refractivity contribution < 1.29 is 19.7 Å². The smallest absolute Gasteiger partial charge is 0.409 e. The van der Waals surface area contributed by atoms with Gasteiger partial charge in [0, 0.05) is 12.5 Å². The number of nitrogens with zero attached hydrogens (tertiary/aromatic N) is 1. The molecule has 0 aliphatic carbocycles. The van der Waals surface area contributed by atoms with Crippen LogP contribution in [-0.2, 0) is 4.74 Å². The van der Waals surface area contributed by atoms with Gasteiger partial charge < -0.3 is 19.8 Å². The van der Waals surface area contributed by atoms with Crippen LogP contribution in [0.5, 0.6) is 0 Å². The fraction of sp³-hybridized carbons (Fsp3) is 0.889. The van der Waals surface area contributed by atoms with E-state index in [9.17, 15) is 15.0 Å². The van der Waals surface area contributed by atoms with E-state index < -0.39 is 18.3 Å². The molecule has 14 heavy (non-hydrogen) atoms. The third-order valence-corrected chi connectivity index (χ3v) is 2.42. The number of rotatable bonds is 1. The van der Waals surface area contributed by atoms with Crippen molar-refractivity contribution >= 4 is 6.09 Å². The SMILES string of the molecule is CCOC(=O)N1C[C@@H](O)[C@@H](O)[C@@H](C)C1. The highest BCUT2D eigenvalue weighted by Crippen LogP contribution is 2.17. The Morgan fingerprint density at radius 2 is 2.14 bits per heavy atom. The molecule has 0 aromatic carbocycles. The van der Waals surface area contributed by atoms with E-state index in [1.807, 2.05) is 0 Å². The molecule has 1 aliphatic rings. The second-order valence-corrected chi connectivity index (χ2v) is 3.64. The lowest BCUT2D eigenvalue weighted by Crippen LogP contribution is -2.53. The van der Waals surface area contributed by atoms with Crippen LogP contribution in [-0.4, -0.2) is 53.1 Å². The van der Waals surface area contributed by atoms with E-state index in [4.69, 9.17) is 4.74 Å². The molecule has 1 rings (SSSR count). The number of hydrogen-bond donors (Lipinski definition) is 2. The number of hydrogen-bond acceptors (Lipinski definition) is 4. The standard InChI is InChI=1S/C9H17NO4/c1-3-14-9(13)10-4-6(2)8(12)7(11)5-10/h6-8,11-12H,3-5H2,1-2H3/t6-,7+,8-/m0/s1. The fourth-order valence-corrected chi connectivity index (χ4v) is 1.61. The van der Waals surface area contributed by atoms with Crippen LogP contribution < -0.4 is 0 Å². The van der Waals surface area contributed by atoms with Crippen LogP contribution in [0.25, 0.3) is 0 Å². The number of carbonyl (C=O) groups excluding carboxylic acids is 1. The Hall–Kier alpha value is -0.810. The van der Waals surface area contributed by atoms with E-state index in [-0.39, 0.29) is 12.5 Å². The molecule has 2 N–H and O–H groups in total. The molecule has 0 bridgehead atoms. The zero-order valence-corrected chi connectivity index (χ0v) is 8.51. The van der Waals surface area contributed by atoms with Crippen LogP contribution in [0, 0.1) is 5.92 Å². The van der Waals surface area contributed by atoms with Crippen LogP contribution in [0.15, 0.2) is 0 Å². The Labute approximate surface area is 83.3 Å². The van der Waals surface area contributed by atoms with Gasteiger partial charge in [-0.05, 0) is 6.92 Å². The largest absolute Gasteiger partial charge is 0.450 e. The molecule has 0 radical (unpaired) electrons. The minimum Gasteiger partial charge on any atom is -0.450 e. The minimum atomic E-state index is -0.872. The molecule has 0 aromatic rings. The summed E-state index contributed by atoms with van der Waals surface area (Å²) in [6.45, 7) is 4.42. The lowest BCUT2D eigenvalue weighted by molar-refractivity contribution is -0.0648. The van der Waals surface area contributed by atoms with E-state index in [0.29, 0.717) is 13.2 Å². The van der Waals surface area contributed by atoms with Crippen molar-refractivity contribution in [1.82, 2.24) is 4.90 Å². The maximum absolute atomic E-state index is 11.3. The molecule has 0 saturated carbocycles. The van der Waals surface area contributed by atoms with Crippen molar-refractivity contribution in [2.75, 3.05) is 19.7 Å². The van der Waals surface area contributed by atoms with Gasteiger partial charge in [0.05, 0.1) is 25.4 Å². The second kappa shape index (κ2) is 4.61. The predicted octanol–water partition coefficient (Wildman–Crippen LogP) is -0.184. The number of likely N-dealkylation sites (tertiary alicyclic amines) is 1. The quantitative estimate of drug-likeness (QED) is 0.620. The summed E-state index contributed by atoms with van der Waals surface area (Å²) in [6, 6.07) is 0. The molecule has 1 fully saturated rings. The van der Waals surface area contributed by atoms with Crippen LogP contribution in [0.4, 0.5) is 4.79 Å². The number of amides is 1. The monoisotopic (exact) mass is 203 g/mol. The molecule has 82 valence electrons. The summed E-state index contributed by atoms with van der Waals surface area (Å²) >= 11 is 0. The van der Waals surface area contributed by atoms with Crippen molar-refractivity contribution in [3.05, 3.63) is 0 Å². The molecule has 0 aromatic heterocycles. The predicted molar refractivity (Wildman–Crippen MR) is 49.8 cm³/mol. The van der Waals surface area contributed by atoms with Gasteiger partial charge in [0.25, 0.3) is 0 Å². The van der Waals surface area contributed by atoms with Gasteiger partial charge in [0.1, 0.15) is 0 Å². The zero-order chi connectivity index (χ0) is 10.7. The van der Waals surface area contributed by atoms with Crippen molar-refractivity contribution in [3.8, 4) is 0 Å². The number of aliphatic hydroxyl groups is 2. The molecule has 0 unspecified atom stereocenters. The number of ether oxygens (including phenoxy) is 1. The first-order valence-electron chi connectivity index (χ1n) is 4.84. The third kappa shape index (κ3) is 2.36. The third-order valence-electron chi connectivity index (χ3n) is 2.42. The van der Waals surface area contributed by atoms with E-state index >= 15 is 0 Å². The van der Waals surface area contributed by atoms with E-state index in [1.54, 1.807) is 13.8 Å². The summed E-state index contributed by atoms with van der Waals surface area (Å²) in [7, 11) is 0. The van der Waals surface area contributed by atoms with Crippen molar-refractivity contribution in [2.24, 2.45) is 5.92 Å². The van der Waals surface area contributed by atoms with Gasteiger partial charge in [-0.1, -0.05) is 6.92 Å². The second-order valence-electron chi connectivity index (χ2n) is 3.64. The van der Waals surface area contributed by atoms with Crippen LogP contribution in [0.2, 0.25) is 0 Å². The van der Waals surface area contributed by atoms with Crippen LogP contribution in [0.3, 0.4) is 0 Å². The first-order chi connectivity index (χ1) is 6.56. The maximum Gasteiger partial charge on any atom is 0.409 e. The molecular formula is C9H17NO4. The van der Waals surface area contributed by atoms with Gasteiger partial charge in [0.2, 0.25) is 0 Å². The summed E-state index contributed by atoms with van der Waals surface area (Å²) < 4.78 is 4.81. The van der Waals surface area contributed by atoms with Gasteiger partial charge in [0.15, 0.2) is 0 Å². The van der Waals surface area contributed by atoms with Crippen LogP contribution >= 0.6 is 0 Å². The molecule has 1 saturated heterocycles. The molecule has 1 amide bonds. The summed E-state index contributed by atoms with van der Waals surface area (Å²) in [6.07, 6.45) is -2.05. The molecule has 1 aliphatic heterocycles. The Balaban J connectivity index is 2.53. The Bertz CT molecular complexity index is 197. The molecular weight excluding hydrogens is 186 g/mol. The zero-order valence-electron chi connectivity index (χ0n) is 8.51. The van der Waals surface area contributed by atoms with E-state index in [1.165, 1.54) is 4.90 Å². The number of β-amino-alcohol motifs (C(OH)–C–C–N with tert-alkyl or cyclic N) is 1.